The predicted octanol–water partition coefficient (Wildman–Crippen LogP) is 2.16. The molecule has 1 aromatic heterocycles. The maximum absolute atomic E-state index is 13.6. The molecule has 9 heteroatoms. The average Bonchev–Trinajstić information content (AvgIpc) is 2.74. The van der Waals surface area contributed by atoms with Crippen LogP contribution in [0.5, 0.6) is 0 Å². The highest BCUT2D eigenvalue weighted by atomic mass is 35.5. The van der Waals surface area contributed by atoms with Crippen LogP contribution in [0, 0.1) is 12.7 Å². The fourth-order valence-corrected chi connectivity index (χ4v) is 3.46. The normalized spacial score (nSPS) is 11.8. The van der Waals surface area contributed by atoms with E-state index in [2.05, 4.69) is 14.9 Å². The van der Waals surface area contributed by atoms with E-state index in [0.29, 0.717) is 6.42 Å². The number of aromatic nitrogens is 2. The first-order valence-electron chi connectivity index (χ1n) is 5.62. The van der Waals surface area contributed by atoms with Crippen LogP contribution in [0.2, 0.25) is 5.02 Å². The highest BCUT2D eigenvalue weighted by Crippen LogP contribution is 2.18. The summed E-state index contributed by atoms with van der Waals surface area (Å²) in [5, 5.41) is 9.39. The van der Waals surface area contributed by atoms with Crippen LogP contribution in [0.3, 0.4) is 0 Å². The summed E-state index contributed by atoms with van der Waals surface area (Å²) < 4.78 is 39.8. The van der Waals surface area contributed by atoms with Crippen LogP contribution in [-0.2, 0) is 16.4 Å². The Hall–Kier alpha value is -1.09. The topological polar surface area (TPSA) is 72.0 Å². The molecule has 5 nitrogen and oxygen atoms in total. The molecule has 0 saturated heterocycles. The zero-order valence-electron chi connectivity index (χ0n) is 10.4. The molecule has 0 fully saturated rings. The lowest BCUT2D eigenvalue weighted by molar-refractivity contribution is 0.557. The number of hydrogen-bond acceptors (Lipinski definition) is 5. The van der Waals surface area contributed by atoms with Crippen molar-refractivity contribution in [3.8, 4) is 0 Å². The molecule has 108 valence electrons. The van der Waals surface area contributed by atoms with Gasteiger partial charge in [-0.3, -0.25) is 0 Å². The van der Waals surface area contributed by atoms with E-state index in [4.69, 9.17) is 11.6 Å². The molecule has 1 aromatic carbocycles. The third-order valence-corrected chi connectivity index (χ3v) is 5.01. The van der Waals surface area contributed by atoms with Crippen molar-refractivity contribution in [2.24, 2.45) is 0 Å². The van der Waals surface area contributed by atoms with Crippen molar-refractivity contribution in [1.29, 1.82) is 0 Å². The van der Waals surface area contributed by atoms with Crippen molar-refractivity contribution in [1.82, 2.24) is 14.9 Å². The molecule has 20 heavy (non-hydrogen) atoms. The van der Waals surface area contributed by atoms with Gasteiger partial charge in [-0.25, -0.2) is 17.5 Å². The fourth-order valence-electron chi connectivity index (χ4n) is 1.50. The van der Waals surface area contributed by atoms with Crippen LogP contribution in [-0.4, -0.2) is 25.2 Å². The Balaban J connectivity index is 2.04. The van der Waals surface area contributed by atoms with Crippen LogP contribution in [0.1, 0.15) is 10.0 Å². The predicted molar refractivity (Wildman–Crippen MR) is 74.9 cm³/mol. The third kappa shape index (κ3) is 3.72. The fraction of sp³-hybridized carbons (Fsp3) is 0.273. The second kappa shape index (κ2) is 6.13. The van der Waals surface area contributed by atoms with Crippen molar-refractivity contribution in [3.63, 3.8) is 0 Å². The maximum Gasteiger partial charge on any atom is 0.243 e. The molecule has 0 unspecified atom stereocenters. The minimum atomic E-state index is -3.90. The number of hydrogen-bond donors (Lipinski definition) is 1. The Kier molecular flexibility index (Phi) is 4.69. The molecule has 0 aliphatic rings. The van der Waals surface area contributed by atoms with Gasteiger partial charge >= 0.3 is 0 Å². The standard InChI is InChI=1S/C11H11ClFN3O2S2/c1-7-15-16-11(19-7)4-5-14-20(17,18)10-3-2-8(12)6-9(10)13/h2-3,6,14H,4-5H2,1H3. The summed E-state index contributed by atoms with van der Waals surface area (Å²) in [6.07, 6.45) is 0.403. The number of sulfonamides is 1. The maximum atomic E-state index is 13.6. The van der Waals surface area contributed by atoms with E-state index in [1.165, 1.54) is 17.4 Å². The molecule has 0 spiro atoms. The molecule has 2 aromatic rings. The number of rotatable bonds is 5. The summed E-state index contributed by atoms with van der Waals surface area (Å²) in [5.41, 5.74) is 0. The molecule has 0 saturated carbocycles. The highest BCUT2D eigenvalue weighted by molar-refractivity contribution is 7.89. The zero-order valence-corrected chi connectivity index (χ0v) is 12.8. The Labute approximate surface area is 124 Å². The molecule has 0 amide bonds. The number of nitrogens with one attached hydrogen (secondary N) is 1. The Morgan fingerprint density at radius 1 is 1.40 bits per heavy atom. The second-order valence-electron chi connectivity index (χ2n) is 3.94. The van der Waals surface area contributed by atoms with E-state index in [0.717, 1.165) is 22.1 Å². The first-order chi connectivity index (χ1) is 9.38. The third-order valence-electron chi connectivity index (χ3n) is 2.38. The summed E-state index contributed by atoms with van der Waals surface area (Å²) in [5.74, 6) is -0.878. The summed E-state index contributed by atoms with van der Waals surface area (Å²) in [6, 6.07) is 3.42. The van der Waals surface area contributed by atoms with Crippen molar-refractivity contribution in [2.75, 3.05) is 6.54 Å². The summed E-state index contributed by atoms with van der Waals surface area (Å²) >= 11 is 6.98. The van der Waals surface area contributed by atoms with Crippen LogP contribution in [0.4, 0.5) is 4.39 Å². The molecule has 0 atom stereocenters. The number of nitrogens with zero attached hydrogens (tertiary/aromatic N) is 2. The molecule has 0 radical (unpaired) electrons. The van der Waals surface area contributed by atoms with Crippen LogP contribution < -0.4 is 4.72 Å². The minimum Gasteiger partial charge on any atom is -0.211 e. The molecule has 0 aliphatic heterocycles. The van der Waals surface area contributed by atoms with Gasteiger partial charge in [-0.2, -0.15) is 0 Å². The molecular weight excluding hydrogens is 325 g/mol. The smallest absolute Gasteiger partial charge is 0.211 e. The highest BCUT2D eigenvalue weighted by Gasteiger charge is 2.18. The van der Waals surface area contributed by atoms with Crippen molar-refractivity contribution in [2.45, 2.75) is 18.2 Å². The van der Waals surface area contributed by atoms with E-state index in [-0.39, 0.29) is 11.6 Å². The SMILES string of the molecule is Cc1nnc(CCNS(=O)(=O)c2ccc(Cl)cc2F)s1. The molecule has 1 N–H and O–H groups in total. The zero-order chi connectivity index (χ0) is 14.8. The van der Waals surface area contributed by atoms with Crippen molar-refractivity contribution in [3.05, 3.63) is 39.1 Å². The summed E-state index contributed by atoms with van der Waals surface area (Å²) in [4.78, 5) is -0.421. The molecule has 0 aliphatic carbocycles. The molecule has 1 heterocycles. The van der Waals surface area contributed by atoms with Gasteiger partial charge in [0.1, 0.15) is 20.7 Å². The monoisotopic (exact) mass is 335 g/mol. The lowest BCUT2D eigenvalue weighted by atomic mass is 10.3. The first-order valence-corrected chi connectivity index (χ1v) is 8.30. The van der Waals surface area contributed by atoms with Gasteiger partial charge in [-0.15, -0.1) is 21.5 Å². The molecule has 0 bridgehead atoms. The summed E-state index contributed by atoms with van der Waals surface area (Å²) in [7, 11) is -3.90. The Morgan fingerprint density at radius 3 is 2.75 bits per heavy atom. The van der Waals surface area contributed by atoms with E-state index < -0.39 is 20.7 Å². The quantitative estimate of drug-likeness (QED) is 0.908. The second-order valence-corrected chi connectivity index (χ2v) is 7.38. The Bertz CT molecular complexity index is 718. The van der Waals surface area contributed by atoms with Gasteiger partial charge in [0.2, 0.25) is 10.0 Å². The van der Waals surface area contributed by atoms with Crippen molar-refractivity contribution < 1.29 is 12.8 Å². The van der Waals surface area contributed by atoms with Crippen LogP contribution in [0.25, 0.3) is 0 Å². The first kappa shape index (κ1) is 15.3. The molecular formula is C11H11ClFN3O2S2. The van der Waals surface area contributed by atoms with E-state index >= 15 is 0 Å². The van der Waals surface area contributed by atoms with Gasteiger partial charge in [-0.1, -0.05) is 11.6 Å². The van der Waals surface area contributed by atoms with Gasteiger partial charge in [0.25, 0.3) is 0 Å². The van der Waals surface area contributed by atoms with Crippen LogP contribution >= 0.6 is 22.9 Å². The van der Waals surface area contributed by atoms with Gasteiger partial charge < -0.3 is 0 Å². The van der Waals surface area contributed by atoms with Gasteiger partial charge in [0, 0.05) is 18.0 Å². The van der Waals surface area contributed by atoms with Gasteiger partial charge in [-0.05, 0) is 25.1 Å². The number of aryl methyl sites for hydroxylation is 1. The van der Waals surface area contributed by atoms with Gasteiger partial charge in [0.05, 0.1) is 0 Å². The minimum absolute atomic E-state index is 0.124. The van der Waals surface area contributed by atoms with E-state index in [9.17, 15) is 12.8 Å². The average molecular weight is 336 g/mol. The van der Waals surface area contributed by atoms with E-state index in [1.54, 1.807) is 0 Å². The molecule has 2 rings (SSSR count). The summed E-state index contributed by atoms with van der Waals surface area (Å²) in [6.45, 7) is 1.94. The van der Waals surface area contributed by atoms with E-state index in [1.807, 2.05) is 6.92 Å². The van der Waals surface area contributed by atoms with Gasteiger partial charge in [0.15, 0.2) is 0 Å². The number of benzene rings is 1. The largest absolute Gasteiger partial charge is 0.243 e. The number of halogens is 2. The Morgan fingerprint density at radius 2 is 2.15 bits per heavy atom. The lowest BCUT2D eigenvalue weighted by Gasteiger charge is -2.06. The van der Waals surface area contributed by atoms with Crippen molar-refractivity contribution >= 4 is 33.0 Å². The lowest BCUT2D eigenvalue weighted by Crippen LogP contribution is -2.26. The van der Waals surface area contributed by atoms with Crippen LogP contribution in [0.15, 0.2) is 23.1 Å².